The van der Waals surface area contributed by atoms with Gasteiger partial charge in [0.1, 0.15) is 5.82 Å². The molecular formula is C22H14BrFN2O3S2. The molecule has 1 aromatic heterocycles. The predicted molar refractivity (Wildman–Crippen MR) is 122 cm³/mol. The highest BCUT2D eigenvalue weighted by molar-refractivity contribution is 9.10. The fourth-order valence-corrected chi connectivity index (χ4v) is 4.94. The van der Waals surface area contributed by atoms with Crippen molar-refractivity contribution in [3.63, 3.8) is 0 Å². The van der Waals surface area contributed by atoms with Gasteiger partial charge in [0.05, 0.1) is 15.5 Å². The van der Waals surface area contributed by atoms with E-state index in [2.05, 4.69) is 20.9 Å². The van der Waals surface area contributed by atoms with Gasteiger partial charge >= 0.3 is 0 Å². The molecule has 0 spiro atoms. The van der Waals surface area contributed by atoms with Crippen LogP contribution in [0.4, 0.5) is 4.39 Å². The van der Waals surface area contributed by atoms with Crippen LogP contribution in [0.5, 0.6) is 0 Å². The number of rotatable bonds is 5. The maximum Gasteiger partial charge on any atom is 0.238 e. The van der Waals surface area contributed by atoms with Gasteiger partial charge in [-0.05, 0) is 54.1 Å². The van der Waals surface area contributed by atoms with E-state index in [1.807, 2.05) is 6.07 Å². The molecule has 0 amide bonds. The van der Waals surface area contributed by atoms with Gasteiger partial charge in [-0.3, -0.25) is 4.79 Å². The second-order valence-electron chi connectivity index (χ2n) is 6.61. The molecule has 4 aromatic rings. The van der Waals surface area contributed by atoms with Crippen LogP contribution in [0, 0.1) is 5.82 Å². The Labute approximate surface area is 190 Å². The highest BCUT2D eigenvalue weighted by atomic mass is 79.9. The second kappa shape index (κ2) is 8.43. The minimum Gasteiger partial charge on any atom is -0.286 e. The van der Waals surface area contributed by atoms with Crippen molar-refractivity contribution in [3.8, 4) is 21.7 Å². The van der Waals surface area contributed by atoms with Gasteiger partial charge in [0, 0.05) is 15.6 Å². The van der Waals surface area contributed by atoms with Gasteiger partial charge in [-0.2, -0.15) is 0 Å². The highest BCUT2D eigenvalue weighted by Gasteiger charge is 2.21. The number of hydrogen-bond acceptors (Lipinski definition) is 5. The van der Waals surface area contributed by atoms with Crippen LogP contribution in [-0.2, 0) is 10.0 Å². The van der Waals surface area contributed by atoms with Crippen LogP contribution in [-0.4, -0.2) is 19.2 Å². The van der Waals surface area contributed by atoms with E-state index in [-0.39, 0.29) is 21.5 Å². The largest absolute Gasteiger partial charge is 0.286 e. The van der Waals surface area contributed by atoms with Crippen LogP contribution >= 0.6 is 27.3 Å². The second-order valence-corrected chi connectivity index (χ2v) is 10.1. The van der Waals surface area contributed by atoms with E-state index in [9.17, 15) is 17.6 Å². The summed E-state index contributed by atoms with van der Waals surface area (Å²) in [5.41, 5.74) is 2.28. The fourth-order valence-electron chi connectivity index (χ4n) is 2.97. The molecule has 0 saturated heterocycles. The van der Waals surface area contributed by atoms with Crippen LogP contribution in [0.25, 0.3) is 21.7 Å². The van der Waals surface area contributed by atoms with Gasteiger partial charge in [-0.15, -0.1) is 11.3 Å². The van der Waals surface area contributed by atoms with Crippen molar-refractivity contribution in [2.24, 2.45) is 5.14 Å². The van der Waals surface area contributed by atoms with Gasteiger partial charge in [-0.1, -0.05) is 40.2 Å². The Balaban J connectivity index is 1.84. The number of aromatic nitrogens is 1. The zero-order chi connectivity index (χ0) is 22.2. The monoisotopic (exact) mass is 516 g/mol. The summed E-state index contributed by atoms with van der Waals surface area (Å²) in [5.74, 6) is -0.634. The number of halogens is 2. The third-order valence-corrected chi connectivity index (χ3v) is 7.00. The third-order valence-electron chi connectivity index (χ3n) is 4.47. The number of benzene rings is 3. The summed E-state index contributed by atoms with van der Waals surface area (Å²) in [4.78, 5) is 18.2. The van der Waals surface area contributed by atoms with Crippen molar-refractivity contribution in [1.29, 1.82) is 0 Å². The first-order valence-corrected chi connectivity index (χ1v) is 12.1. The lowest BCUT2D eigenvalue weighted by molar-refractivity contribution is 0.103. The molecule has 156 valence electrons. The van der Waals surface area contributed by atoms with Gasteiger partial charge in [0.15, 0.2) is 5.01 Å². The molecule has 1 heterocycles. The number of carbonyl (C=O) groups excluding carboxylic acids is 1. The molecule has 0 atom stereocenters. The molecule has 0 unspecified atom stereocenters. The number of ketones is 1. The quantitative estimate of drug-likeness (QED) is 0.366. The normalized spacial score (nSPS) is 11.5. The Morgan fingerprint density at radius 2 is 1.61 bits per heavy atom. The van der Waals surface area contributed by atoms with Crippen molar-refractivity contribution in [2.75, 3.05) is 0 Å². The van der Waals surface area contributed by atoms with Crippen molar-refractivity contribution >= 4 is 43.1 Å². The van der Waals surface area contributed by atoms with Crippen LogP contribution in [0.15, 0.2) is 82.2 Å². The Morgan fingerprint density at radius 3 is 2.23 bits per heavy atom. The maximum absolute atomic E-state index is 13.4. The summed E-state index contributed by atoms with van der Waals surface area (Å²) in [6, 6.07) is 18.8. The molecule has 3 aromatic carbocycles. The first-order chi connectivity index (χ1) is 14.7. The van der Waals surface area contributed by atoms with E-state index >= 15 is 0 Å². The number of nitrogens with zero attached hydrogens (tertiary/aromatic N) is 1. The molecule has 31 heavy (non-hydrogen) atoms. The maximum atomic E-state index is 13.4. The van der Waals surface area contributed by atoms with E-state index in [1.165, 1.54) is 35.6 Å². The number of nitrogens with two attached hydrogens (primary N) is 1. The van der Waals surface area contributed by atoms with Crippen molar-refractivity contribution in [3.05, 3.63) is 93.7 Å². The van der Waals surface area contributed by atoms with Gasteiger partial charge < -0.3 is 0 Å². The molecule has 0 aliphatic carbocycles. The van der Waals surface area contributed by atoms with E-state index in [4.69, 9.17) is 5.14 Å². The average molecular weight is 517 g/mol. The van der Waals surface area contributed by atoms with Crippen molar-refractivity contribution in [2.45, 2.75) is 4.90 Å². The predicted octanol–water partition coefficient (Wildman–Crippen LogP) is 5.26. The number of carbonyl (C=O) groups is 1. The summed E-state index contributed by atoms with van der Waals surface area (Å²) in [5, 5.41) is 5.45. The Morgan fingerprint density at radius 1 is 0.968 bits per heavy atom. The van der Waals surface area contributed by atoms with E-state index in [0.717, 1.165) is 4.47 Å². The van der Waals surface area contributed by atoms with Gasteiger partial charge in [0.2, 0.25) is 15.8 Å². The molecule has 2 N–H and O–H groups in total. The molecule has 0 bridgehead atoms. The lowest BCUT2D eigenvalue weighted by Gasteiger charge is -2.04. The van der Waals surface area contributed by atoms with E-state index < -0.39 is 10.0 Å². The first-order valence-electron chi connectivity index (χ1n) is 8.92. The smallest absolute Gasteiger partial charge is 0.238 e. The van der Waals surface area contributed by atoms with Crippen molar-refractivity contribution in [1.82, 2.24) is 4.98 Å². The van der Waals surface area contributed by atoms with E-state index in [1.54, 1.807) is 42.5 Å². The zero-order valence-electron chi connectivity index (χ0n) is 15.7. The summed E-state index contributed by atoms with van der Waals surface area (Å²) < 4.78 is 37.3. The summed E-state index contributed by atoms with van der Waals surface area (Å²) in [6.07, 6.45) is 0. The van der Waals surface area contributed by atoms with Crippen LogP contribution < -0.4 is 5.14 Å². The molecule has 0 aliphatic rings. The molecule has 0 radical (unpaired) electrons. The van der Waals surface area contributed by atoms with Crippen molar-refractivity contribution < 1.29 is 17.6 Å². The lowest BCUT2D eigenvalue weighted by atomic mass is 10.1. The van der Waals surface area contributed by atoms with Gasteiger partial charge in [0.25, 0.3) is 0 Å². The average Bonchev–Trinajstić information content (AvgIpc) is 3.18. The number of primary sulfonamides is 1. The number of hydrogen-bond donors (Lipinski definition) is 1. The molecule has 5 nitrogen and oxygen atoms in total. The van der Waals surface area contributed by atoms with Crippen LogP contribution in [0.3, 0.4) is 0 Å². The Hall–Kier alpha value is -2.72. The Kier molecular flexibility index (Phi) is 5.85. The standard InChI is InChI=1S/C22H14BrFN2O3S2/c23-16-3-1-2-15(12-16)20(27)22-26-19(13-4-8-17(24)9-5-13)21(30-22)14-6-10-18(11-7-14)31(25,28)29/h1-12H,(H2,25,28,29). The molecule has 0 fully saturated rings. The highest BCUT2D eigenvalue weighted by Crippen LogP contribution is 2.38. The summed E-state index contributed by atoms with van der Waals surface area (Å²) >= 11 is 4.54. The number of thiazole rings is 1. The van der Waals surface area contributed by atoms with Crippen LogP contribution in [0.1, 0.15) is 15.4 Å². The Bertz CT molecular complexity index is 1380. The summed E-state index contributed by atoms with van der Waals surface area (Å²) in [6.45, 7) is 0. The number of sulfonamides is 1. The van der Waals surface area contributed by atoms with Crippen LogP contribution in [0.2, 0.25) is 0 Å². The fraction of sp³-hybridized carbons (Fsp3) is 0. The zero-order valence-corrected chi connectivity index (χ0v) is 19.0. The SMILES string of the molecule is NS(=O)(=O)c1ccc(-c2sc(C(=O)c3cccc(Br)c3)nc2-c2ccc(F)cc2)cc1. The first kappa shape index (κ1) is 21.5. The third kappa shape index (κ3) is 4.64. The summed E-state index contributed by atoms with van der Waals surface area (Å²) in [7, 11) is -3.83. The minimum absolute atomic E-state index is 0.0190. The molecule has 0 aliphatic heterocycles. The topological polar surface area (TPSA) is 90.1 Å². The van der Waals surface area contributed by atoms with Gasteiger partial charge in [-0.25, -0.2) is 22.9 Å². The molecule has 0 saturated carbocycles. The minimum atomic E-state index is -3.83. The molecular weight excluding hydrogens is 503 g/mol. The lowest BCUT2D eigenvalue weighted by Crippen LogP contribution is -2.11. The molecule has 9 heteroatoms. The molecule has 4 rings (SSSR count). The van der Waals surface area contributed by atoms with E-state index in [0.29, 0.717) is 27.3 Å².